The van der Waals surface area contributed by atoms with Crippen LogP contribution in [-0.2, 0) is 16.0 Å². The van der Waals surface area contributed by atoms with Gasteiger partial charge in [0, 0.05) is 22.2 Å². The van der Waals surface area contributed by atoms with Gasteiger partial charge in [0.25, 0.3) is 5.91 Å². The van der Waals surface area contributed by atoms with E-state index < -0.39 is 5.91 Å². The zero-order valence-corrected chi connectivity index (χ0v) is 16.9. The molecule has 2 aromatic rings. The topological polar surface area (TPSA) is 99.3 Å². The van der Waals surface area contributed by atoms with Gasteiger partial charge in [0.15, 0.2) is 5.11 Å². The van der Waals surface area contributed by atoms with E-state index in [0.717, 1.165) is 18.4 Å². The van der Waals surface area contributed by atoms with Crippen molar-refractivity contribution in [3.05, 3.63) is 64.7 Å². The summed E-state index contributed by atoms with van der Waals surface area (Å²) in [6, 6.07) is 13.4. The third-order valence-corrected chi connectivity index (χ3v) is 4.64. The summed E-state index contributed by atoms with van der Waals surface area (Å²) >= 11 is 10.8. The number of hydrogen-bond acceptors (Lipinski definition) is 4. The number of carbonyl (C=O) groups excluding carboxylic acids is 3. The van der Waals surface area contributed by atoms with Crippen LogP contribution in [0, 0.1) is 5.92 Å². The second-order valence-electron chi connectivity index (χ2n) is 6.60. The minimum atomic E-state index is -0.431. The number of carbonyl (C=O) groups is 3. The fourth-order valence-electron chi connectivity index (χ4n) is 2.47. The minimum absolute atomic E-state index is 0.00330. The van der Waals surface area contributed by atoms with Crippen LogP contribution in [0.15, 0.2) is 48.5 Å². The maximum atomic E-state index is 12.2. The zero-order valence-electron chi connectivity index (χ0n) is 15.3. The third kappa shape index (κ3) is 6.55. The average Bonchev–Trinajstić information content (AvgIpc) is 3.54. The lowest BCUT2D eigenvalue weighted by molar-refractivity contribution is -0.119. The van der Waals surface area contributed by atoms with Crippen LogP contribution in [0.5, 0.6) is 0 Å². The molecule has 0 radical (unpaired) electrons. The molecule has 1 aliphatic rings. The first kappa shape index (κ1) is 20.8. The number of nitrogens with one attached hydrogen (secondary N) is 4. The highest BCUT2D eigenvalue weighted by Crippen LogP contribution is 2.30. The van der Waals surface area contributed by atoms with Gasteiger partial charge in [-0.05, 0) is 67.0 Å². The van der Waals surface area contributed by atoms with Crippen LogP contribution in [-0.4, -0.2) is 22.8 Å². The summed E-state index contributed by atoms with van der Waals surface area (Å²) in [7, 11) is 0. The molecule has 2 aromatic carbocycles. The molecule has 0 aromatic heterocycles. The Morgan fingerprint density at radius 2 is 1.62 bits per heavy atom. The fraction of sp³-hybridized carbons (Fsp3) is 0.200. The lowest BCUT2D eigenvalue weighted by Gasteiger charge is -2.11. The first-order valence-electron chi connectivity index (χ1n) is 8.96. The van der Waals surface area contributed by atoms with Crippen LogP contribution in [0.1, 0.15) is 28.8 Å². The maximum Gasteiger partial charge on any atom is 0.269 e. The van der Waals surface area contributed by atoms with Crippen molar-refractivity contribution in [2.45, 2.75) is 19.3 Å². The van der Waals surface area contributed by atoms with Gasteiger partial charge < -0.3 is 10.6 Å². The molecule has 0 atom stereocenters. The van der Waals surface area contributed by atoms with E-state index >= 15 is 0 Å². The van der Waals surface area contributed by atoms with E-state index in [-0.39, 0.29) is 29.3 Å². The summed E-state index contributed by atoms with van der Waals surface area (Å²) < 4.78 is 0. The average molecular weight is 431 g/mol. The first-order valence-corrected chi connectivity index (χ1v) is 9.75. The molecule has 0 saturated heterocycles. The molecule has 0 heterocycles. The quantitative estimate of drug-likeness (QED) is 0.431. The smallest absolute Gasteiger partial charge is 0.269 e. The molecule has 4 N–H and O–H groups in total. The van der Waals surface area contributed by atoms with Crippen LogP contribution in [0.3, 0.4) is 0 Å². The SMILES string of the molecule is O=C(Cc1ccc(Cl)cc1)NC(=S)NNC(=O)c1ccc(NC(=O)C2CC2)cc1. The number of hydrogen-bond donors (Lipinski definition) is 4. The Hall–Kier alpha value is -2.97. The molecule has 0 unspecified atom stereocenters. The summed E-state index contributed by atoms with van der Waals surface area (Å²) in [5.74, 6) is -0.643. The van der Waals surface area contributed by atoms with Crippen molar-refractivity contribution in [1.82, 2.24) is 16.2 Å². The highest BCUT2D eigenvalue weighted by molar-refractivity contribution is 7.80. The molecule has 0 bridgehead atoms. The van der Waals surface area contributed by atoms with Crippen molar-refractivity contribution in [1.29, 1.82) is 0 Å². The number of hydrazine groups is 1. The molecule has 1 aliphatic carbocycles. The number of halogens is 1. The van der Waals surface area contributed by atoms with Gasteiger partial charge in [0.1, 0.15) is 0 Å². The van der Waals surface area contributed by atoms with Gasteiger partial charge in [-0.1, -0.05) is 23.7 Å². The molecular formula is C20H19ClN4O3S. The van der Waals surface area contributed by atoms with E-state index in [9.17, 15) is 14.4 Å². The fourth-order valence-corrected chi connectivity index (χ4v) is 2.76. The van der Waals surface area contributed by atoms with Crippen molar-refractivity contribution in [3.8, 4) is 0 Å². The lowest BCUT2D eigenvalue weighted by Crippen LogP contribution is -2.48. The Morgan fingerprint density at radius 1 is 0.966 bits per heavy atom. The summed E-state index contributed by atoms with van der Waals surface area (Å²) in [6.45, 7) is 0. The van der Waals surface area contributed by atoms with E-state index in [1.807, 2.05) is 0 Å². The van der Waals surface area contributed by atoms with Crippen LogP contribution in [0.2, 0.25) is 5.02 Å². The number of amides is 3. The Balaban J connectivity index is 1.41. The van der Waals surface area contributed by atoms with Crippen molar-refractivity contribution >= 4 is 52.3 Å². The van der Waals surface area contributed by atoms with Crippen molar-refractivity contribution < 1.29 is 14.4 Å². The number of benzene rings is 2. The molecule has 0 spiro atoms. The van der Waals surface area contributed by atoms with Gasteiger partial charge in [-0.15, -0.1) is 0 Å². The summed E-state index contributed by atoms with van der Waals surface area (Å²) in [4.78, 5) is 35.9. The molecule has 1 saturated carbocycles. The molecule has 7 nitrogen and oxygen atoms in total. The Bertz CT molecular complexity index is 928. The second kappa shape index (κ2) is 9.49. The van der Waals surface area contributed by atoms with Gasteiger partial charge in [-0.25, -0.2) is 0 Å². The predicted octanol–water partition coefficient (Wildman–Crippen LogP) is 2.57. The largest absolute Gasteiger partial charge is 0.326 e. The van der Waals surface area contributed by atoms with Gasteiger partial charge in [-0.2, -0.15) is 0 Å². The lowest BCUT2D eigenvalue weighted by atomic mass is 10.1. The van der Waals surface area contributed by atoms with E-state index in [2.05, 4.69) is 21.5 Å². The van der Waals surface area contributed by atoms with Crippen LogP contribution in [0.25, 0.3) is 0 Å². The van der Waals surface area contributed by atoms with Crippen molar-refractivity contribution in [3.63, 3.8) is 0 Å². The number of rotatable bonds is 5. The Kier molecular flexibility index (Phi) is 6.79. The van der Waals surface area contributed by atoms with Crippen LogP contribution >= 0.6 is 23.8 Å². The summed E-state index contributed by atoms with van der Waals surface area (Å²) in [5, 5.41) is 5.85. The van der Waals surface area contributed by atoms with Crippen LogP contribution < -0.4 is 21.5 Å². The van der Waals surface area contributed by atoms with E-state index in [1.165, 1.54) is 0 Å². The molecule has 29 heavy (non-hydrogen) atoms. The van der Waals surface area contributed by atoms with Gasteiger partial charge in [0.2, 0.25) is 11.8 Å². The summed E-state index contributed by atoms with van der Waals surface area (Å²) in [6.07, 6.45) is 1.98. The Labute approximate surface area is 178 Å². The van der Waals surface area contributed by atoms with E-state index in [0.29, 0.717) is 16.3 Å². The summed E-state index contributed by atoms with van der Waals surface area (Å²) in [5.41, 5.74) is 6.69. The molecular weight excluding hydrogens is 412 g/mol. The van der Waals surface area contributed by atoms with Gasteiger partial charge in [-0.3, -0.25) is 25.2 Å². The van der Waals surface area contributed by atoms with E-state index in [1.54, 1.807) is 48.5 Å². The Morgan fingerprint density at radius 3 is 2.24 bits per heavy atom. The second-order valence-corrected chi connectivity index (χ2v) is 7.45. The zero-order chi connectivity index (χ0) is 20.8. The predicted molar refractivity (Wildman–Crippen MR) is 114 cm³/mol. The van der Waals surface area contributed by atoms with E-state index in [4.69, 9.17) is 23.8 Å². The standard InChI is InChI=1S/C20H19ClN4O3S/c21-15-7-1-12(2-8-15)11-17(26)23-20(29)25-24-19(28)14-5-9-16(10-6-14)22-18(27)13-3-4-13/h1-2,5-10,13H,3-4,11H2,(H,22,27)(H,24,28)(H2,23,25,26,29). The highest BCUT2D eigenvalue weighted by atomic mass is 35.5. The van der Waals surface area contributed by atoms with Crippen molar-refractivity contribution in [2.75, 3.05) is 5.32 Å². The minimum Gasteiger partial charge on any atom is -0.326 e. The first-order chi connectivity index (χ1) is 13.9. The van der Waals surface area contributed by atoms with Crippen LogP contribution in [0.4, 0.5) is 5.69 Å². The number of thiocarbonyl (C=S) groups is 1. The molecule has 1 fully saturated rings. The third-order valence-electron chi connectivity index (χ3n) is 4.18. The molecule has 0 aliphatic heterocycles. The highest BCUT2D eigenvalue weighted by Gasteiger charge is 2.29. The maximum absolute atomic E-state index is 12.2. The normalized spacial score (nSPS) is 12.6. The molecule has 150 valence electrons. The monoisotopic (exact) mass is 430 g/mol. The number of anilines is 1. The van der Waals surface area contributed by atoms with Gasteiger partial charge >= 0.3 is 0 Å². The molecule has 9 heteroatoms. The molecule has 3 amide bonds. The van der Waals surface area contributed by atoms with Gasteiger partial charge in [0.05, 0.1) is 6.42 Å². The van der Waals surface area contributed by atoms with Crippen molar-refractivity contribution in [2.24, 2.45) is 5.92 Å². The molecule has 3 rings (SSSR count).